The molecule has 1 atom stereocenters. The van der Waals surface area contributed by atoms with Crippen molar-refractivity contribution in [1.82, 2.24) is 5.32 Å². The lowest BCUT2D eigenvalue weighted by Gasteiger charge is -2.19. The molecule has 0 aromatic heterocycles. The number of nitrogens with one attached hydrogen (secondary N) is 1. The highest BCUT2D eigenvalue weighted by atomic mass is 16.5. The lowest BCUT2D eigenvalue weighted by molar-refractivity contribution is -0.137. The normalized spacial score (nSPS) is 12.9. The Labute approximate surface area is 298 Å². The van der Waals surface area contributed by atoms with Crippen molar-refractivity contribution in [3.8, 4) is 0 Å². The van der Waals surface area contributed by atoms with Crippen molar-refractivity contribution < 1.29 is 19.4 Å². The zero-order valence-electron chi connectivity index (χ0n) is 31.8. The van der Waals surface area contributed by atoms with Gasteiger partial charge in [0.25, 0.3) is 0 Å². The number of allylic oxidation sites excluding steroid dienone is 8. The number of hydrogen-bond acceptors (Lipinski definition) is 4. The Balaban J connectivity index is 3.85. The van der Waals surface area contributed by atoms with E-state index >= 15 is 0 Å². The maximum absolute atomic E-state index is 10.8. The molecule has 0 heterocycles. The Kier molecular flexibility index (Phi) is 40.0. The van der Waals surface area contributed by atoms with Gasteiger partial charge in [-0.15, -0.1) is 0 Å². The summed E-state index contributed by atoms with van der Waals surface area (Å²) < 4.78 is 12.2. The summed E-state index contributed by atoms with van der Waals surface area (Å²) in [4.78, 5) is 10.8. The van der Waals surface area contributed by atoms with Gasteiger partial charge in [0, 0.05) is 26.2 Å². The van der Waals surface area contributed by atoms with E-state index in [-0.39, 0.29) is 12.5 Å². The third-order valence-electron chi connectivity index (χ3n) is 8.61. The molecule has 0 fully saturated rings. The molecule has 0 saturated carbocycles. The summed E-state index contributed by atoms with van der Waals surface area (Å²) >= 11 is 0. The van der Waals surface area contributed by atoms with Crippen LogP contribution in [0.5, 0.6) is 0 Å². The molecule has 5 heteroatoms. The molecule has 0 rings (SSSR count). The van der Waals surface area contributed by atoms with Gasteiger partial charge in [0.2, 0.25) is 0 Å². The second-order valence-electron chi connectivity index (χ2n) is 13.4. The molecule has 0 amide bonds. The van der Waals surface area contributed by atoms with E-state index < -0.39 is 5.97 Å². The summed E-state index contributed by atoms with van der Waals surface area (Å²) in [7, 11) is 0. The second-order valence-corrected chi connectivity index (χ2v) is 13.4. The van der Waals surface area contributed by atoms with E-state index in [4.69, 9.17) is 14.6 Å². The standard InChI is InChI=1S/C43H79NO4/c1-3-5-7-9-11-13-15-17-19-21-23-25-27-29-31-33-38-47-41-42(40-44-37-35-36-43(45)46)48-39-34-32-30-28-26-24-22-20-18-16-14-12-10-8-6-4-2/h11-14,17-20,42,44H,3-10,15-16,21-41H2,1-2H3,(H,45,46)/b13-11-,14-12-,19-17-,20-18-. The maximum Gasteiger partial charge on any atom is 0.303 e. The molecule has 0 aliphatic heterocycles. The zero-order chi connectivity index (χ0) is 34.9. The quantitative estimate of drug-likeness (QED) is 0.0502. The van der Waals surface area contributed by atoms with Gasteiger partial charge in [-0.25, -0.2) is 0 Å². The van der Waals surface area contributed by atoms with Crippen molar-refractivity contribution in [1.29, 1.82) is 0 Å². The molecule has 0 aliphatic carbocycles. The number of ether oxygens (including phenoxy) is 2. The van der Waals surface area contributed by atoms with Gasteiger partial charge in [0.05, 0.1) is 12.7 Å². The number of aliphatic carboxylic acids is 1. The van der Waals surface area contributed by atoms with Crippen LogP contribution in [0.2, 0.25) is 0 Å². The molecule has 0 radical (unpaired) electrons. The maximum atomic E-state index is 10.8. The smallest absolute Gasteiger partial charge is 0.303 e. The van der Waals surface area contributed by atoms with Crippen molar-refractivity contribution in [2.45, 2.75) is 187 Å². The second kappa shape index (κ2) is 41.5. The van der Waals surface area contributed by atoms with Gasteiger partial charge in [-0.2, -0.15) is 0 Å². The van der Waals surface area contributed by atoms with E-state index in [1.54, 1.807) is 0 Å². The van der Waals surface area contributed by atoms with Crippen LogP contribution >= 0.6 is 0 Å². The molecule has 280 valence electrons. The van der Waals surface area contributed by atoms with Crippen molar-refractivity contribution in [3.05, 3.63) is 48.6 Å². The Hall–Kier alpha value is -1.69. The van der Waals surface area contributed by atoms with Gasteiger partial charge in [0.15, 0.2) is 0 Å². The van der Waals surface area contributed by atoms with E-state index in [1.165, 1.54) is 128 Å². The SMILES string of the molecule is CCCCC/C=C\C/C=C\CCCCCCCCOCC(CNCCCC(=O)O)OCCCCCCCC/C=C\C/C=C\CCCCC. The topological polar surface area (TPSA) is 67.8 Å². The van der Waals surface area contributed by atoms with Crippen LogP contribution in [-0.4, -0.2) is 50.1 Å². The predicted octanol–water partition coefficient (Wildman–Crippen LogP) is 12.5. The van der Waals surface area contributed by atoms with Gasteiger partial charge < -0.3 is 19.9 Å². The fourth-order valence-corrected chi connectivity index (χ4v) is 5.54. The molecule has 1 unspecified atom stereocenters. The zero-order valence-corrected chi connectivity index (χ0v) is 31.8. The summed E-state index contributed by atoms with van der Waals surface area (Å²) in [6.07, 6.45) is 49.4. The van der Waals surface area contributed by atoms with Crippen LogP contribution in [0.1, 0.15) is 181 Å². The van der Waals surface area contributed by atoms with Gasteiger partial charge in [-0.05, 0) is 90.0 Å². The predicted molar refractivity (Wildman–Crippen MR) is 209 cm³/mol. The summed E-state index contributed by atoms with van der Waals surface area (Å²) in [5.41, 5.74) is 0. The summed E-state index contributed by atoms with van der Waals surface area (Å²) in [5.74, 6) is -0.737. The molecule has 0 saturated heterocycles. The minimum atomic E-state index is -0.737. The van der Waals surface area contributed by atoms with Crippen LogP contribution in [0.25, 0.3) is 0 Å². The first-order valence-corrected chi connectivity index (χ1v) is 20.4. The highest BCUT2D eigenvalue weighted by molar-refractivity contribution is 5.66. The first kappa shape index (κ1) is 46.3. The van der Waals surface area contributed by atoms with Crippen LogP contribution in [0.15, 0.2) is 48.6 Å². The summed E-state index contributed by atoms with van der Waals surface area (Å²) in [6, 6.07) is 0. The number of carbonyl (C=O) groups is 1. The molecular weight excluding hydrogens is 594 g/mol. The van der Waals surface area contributed by atoms with Crippen LogP contribution in [0, 0.1) is 0 Å². The van der Waals surface area contributed by atoms with E-state index in [2.05, 4.69) is 67.8 Å². The highest BCUT2D eigenvalue weighted by Crippen LogP contribution is 2.10. The summed E-state index contributed by atoms with van der Waals surface area (Å²) in [6.45, 7) is 8.08. The first-order valence-electron chi connectivity index (χ1n) is 20.4. The fraction of sp³-hybridized carbons (Fsp3) is 0.791. The van der Waals surface area contributed by atoms with Crippen molar-refractivity contribution >= 4 is 5.97 Å². The molecular formula is C43H79NO4. The summed E-state index contributed by atoms with van der Waals surface area (Å²) in [5, 5.41) is 12.2. The highest BCUT2D eigenvalue weighted by Gasteiger charge is 2.09. The number of carboxylic acids is 1. The number of rotatable bonds is 39. The third-order valence-corrected chi connectivity index (χ3v) is 8.61. The molecule has 48 heavy (non-hydrogen) atoms. The molecule has 0 spiro atoms. The van der Waals surface area contributed by atoms with Crippen molar-refractivity contribution in [2.24, 2.45) is 0 Å². The minimum absolute atomic E-state index is 0.0254. The molecule has 5 nitrogen and oxygen atoms in total. The van der Waals surface area contributed by atoms with Gasteiger partial charge in [-0.1, -0.05) is 140 Å². The van der Waals surface area contributed by atoms with Crippen LogP contribution in [-0.2, 0) is 14.3 Å². The monoisotopic (exact) mass is 674 g/mol. The van der Waals surface area contributed by atoms with E-state index in [9.17, 15) is 4.79 Å². The number of carboxylic acid groups (broad SMARTS) is 1. The Morgan fingerprint density at radius 2 is 1.00 bits per heavy atom. The largest absolute Gasteiger partial charge is 0.481 e. The molecule has 0 aromatic carbocycles. The van der Waals surface area contributed by atoms with Gasteiger partial charge >= 0.3 is 5.97 Å². The fourth-order valence-electron chi connectivity index (χ4n) is 5.54. The lowest BCUT2D eigenvalue weighted by Crippen LogP contribution is -2.34. The molecule has 0 aliphatic rings. The molecule has 2 N–H and O–H groups in total. The Morgan fingerprint density at radius 3 is 1.48 bits per heavy atom. The van der Waals surface area contributed by atoms with E-state index in [1.807, 2.05) is 0 Å². The third kappa shape index (κ3) is 40.5. The minimum Gasteiger partial charge on any atom is -0.481 e. The van der Waals surface area contributed by atoms with Gasteiger partial charge in [-0.3, -0.25) is 4.79 Å². The van der Waals surface area contributed by atoms with Crippen LogP contribution in [0.3, 0.4) is 0 Å². The van der Waals surface area contributed by atoms with E-state index in [0.29, 0.717) is 26.1 Å². The lowest BCUT2D eigenvalue weighted by atomic mass is 10.1. The number of unbranched alkanes of at least 4 members (excludes halogenated alkanes) is 18. The molecule has 0 bridgehead atoms. The van der Waals surface area contributed by atoms with E-state index in [0.717, 1.165) is 38.9 Å². The average molecular weight is 674 g/mol. The van der Waals surface area contributed by atoms with Crippen molar-refractivity contribution in [2.75, 3.05) is 32.9 Å². The Bertz CT molecular complexity index is 760. The Morgan fingerprint density at radius 1 is 0.562 bits per heavy atom. The van der Waals surface area contributed by atoms with Crippen LogP contribution in [0.4, 0.5) is 0 Å². The molecule has 0 aromatic rings. The van der Waals surface area contributed by atoms with Crippen LogP contribution < -0.4 is 5.32 Å². The average Bonchev–Trinajstić information content (AvgIpc) is 3.08. The van der Waals surface area contributed by atoms with Gasteiger partial charge in [0.1, 0.15) is 0 Å². The number of hydrogen-bond donors (Lipinski definition) is 2. The first-order chi connectivity index (χ1) is 23.7. The van der Waals surface area contributed by atoms with Crippen molar-refractivity contribution in [3.63, 3.8) is 0 Å².